The summed E-state index contributed by atoms with van der Waals surface area (Å²) in [7, 11) is 0. The molecule has 4 rings (SSSR count). The van der Waals surface area contributed by atoms with Crippen LogP contribution < -0.4 is 24.8 Å². The smallest absolute Gasteiger partial charge is 1.00 e. The minimum atomic E-state index is -0.570. The zero-order valence-electron chi connectivity index (χ0n) is 11.4. The van der Waals surface area contributed by atoms with E-state index in [1.54, 1.807) is 14.4 Å². The summed E-state index contributed by atoms with van der Waals surface area (Å²) in [6.07, 6.45) is 8.08. The van der Waals surface area contributed by atoms with Gasteiger partial charge in [-0.2, -0.15) is 0 Å². The van der Waals surface area contributed by atoms with E-state index in [9.17, 15) is 0 Å². The zero-order valence-corrected chi connectivity index (χ0v) is 15.4. The molecule has 0 aromatic heterocycles. The molecule has 2 aromatic rings. The number of rotatable bonds is 2. The van der Waals surface area contributed by atoms with Crippen molar-refractivity contribution < 1.29 is 48.0 Å². The van der Waals surface area contributed by atoms with Gasteiger partial charge < -0.3 is 24.8 Å². The Morgan fingerprint density at radius 3 is 1.90 bits per heavy atom. The second-order valence-corrected chi connectivity index (χ2v) is 8.78. The second kappa shape index (κ2) is 7.10. The molecule has 0 atom stereocenters. The Kier molecular flexibility index (Phi) is 5.66. The Balaban J connectivity index is 0.000000807. The molecule has 0 saturated carbocycles. The number of hydrogen-bond acceptors (Lipinski definition) is 0. The fraction of sp³-hybridized carbons (Fsp3) is 0.111. The maximum absolute atomic E-state index is 2.36. The first-order valence-electron chi connectivity index (χ1n) is 6.74. The largest absolute Gasteiger partial charge is 1.00 e. The van der Waals surface area contributed by atoms with Gasteiger partial charge in [0.25, 0.3) is 0 Å². The average Bonchev–Trinajstić information content (AvgIpc) is 3.08. The van der Waals surface area contributed by atoms with Gasteiger partial charge in [-0.3, -0.25) is 0 Å². The maximum Gasteiger partial charge on any atom is -1.00 e. The van der Waals surface area contributed by atoms with E-state index in [1.165, 1.54) is 17.5 Å². The Morgan fingerprint density at radius 1 is 0.810 bits per heavy atom. The van der Waals surface area contributed by atoms with Crippen molar-refractivity contribution in [1.82, 2.24) is 0 Å². The molecule has 0 fully saturated rings. The molecule has 0 aliphatic heterocycles. The van der Waals surface area contributed by atoms with Crippen molar-refractivity contribution >= 4 is 0 Å². The molecule has 0 amide bonds. The number of fused-ring (bicyclic) bond motifs is 3. The standard InChI is InChI=1S/C13H9.C5H5.2ClH.Zr/c1-3-7-12-10(5-1)9-11-6-2-4-8-13(11)12;1-2-4-5-3-1;;;/h1-9H;1-3H,4H2;2*1H;/q;;;;+2/p-2. The van der Waals surface area contributed by atoms with Gasteiger partial charge in [-0.05, 0) is 0 Å². The van der Waals surface area contributed by atoms with Crippen molar-refractivity contribution in [3.05, 3.63) is 81.2 Å². The molecule has 0 radical (unpaired) electrons. The van der Waals surface area contributed by atoms with Crippen LogP contribution in [0.3, 0.4) is 0 Å². The third kappa shape index (κ3) is 2.97. The van der Waals surface area contributed by atoms with Crippen molar-refractivity contribution in [2.75, 3.05) is 0 Å². The van der Waals surface area contributed by atoms with Gasteiger partial charge in [-0.15, -0.1) is 0 Å². The molecule has 0 nitrogen and oxygen atoms in total. The molecular formula is C18H14Cl2Zr. The van der Waals surface area contributed by atoms with Crippen LogP contribution in [0.4, 0.5) is 0 Å². The molecule has 104 valence electrons. The van der Waals surface area contributed by atoms with E-state index in [2.05, 4.69) is 66.8 Å². The van der Waals surface area contributed by atoms with Crippen LogP contribution in [0.5, 0.6) is 0 Å². The van der Waals surface area contributed by atoms with Crippen LogP contribution in [0.1, 0.15) is 21.2 Å². The van der Waals surface area contributed by atoms with Crippen molar-refractivity contribution in [3.63, 3.8) is 0 Å². The summed E-state index contributed by atoms with van der Waals surface area (Å²) in [6, 6.07) is 18.0. The maximum atomic E-state index is 2.36. The molecule has 21 heavy (non-hydrogen) atoms. The molecule has 0 saturated heterocycles. The monoisotopic (exact) mass is 390 g/mol. The van der Waals surface area contributed by atoms with Gasteiger partial charge in [0.1, 0.15) is 0 Å². The fourth-order valence-corrected chi connectivity index (χ4v) is 7.02. The third-order valence-corrected chi connectivity index (χ3v) is 8.00. The van der Waals surface area contributed by atoms with E-state index in [4.69, 9.17) is 0 Å². The van der Waals surface area contributed by atoms with Crippen LogP contribution in [0, 0.1) is 0 Å². The summed E-state index contributed by atoms with van der Waals surface area (Å²) < 4.78 is 2.43. The molecule has 0 heterocycles. The van der Waals surface area contributed by atoms with E-state index in [1.807, 2.05) is 0 Å². The average molecular weight is 392 g/mol. The van der Waals surface area contributed by atoms with Gasteiger partial charge in [0.15, 0.2) is 0 Å². The summed E-state index contributed by atoms with van der Waals surface area (Å²) >= 11 is -0.570. The van der Waals surface area contributed by atoms with Gasteiger partial charge in [0.05, 0.1) is 0 Å². The molecule has 0 N–H and O–H groups in total. The van der Waals surface area contributed by atoms with Crippen LogP contribution in [0.15, 0.2) is 70.0 Å². The molecule has 2 aliphatic rings. The van der Waals surface area contributed by atoms with Crippen molar-refractivity contribution in [2.24, 2.45) is 0 Å². The van der Waals surface area contributed by atoms with Crippen molar-refractivity contribution in [3.8, 4) is 11.1 Å². The first-order valence-corrected chi connectivity index (χ1v) is 9.39. The first kappa shape index (κ1) is 16.7. The predicted octanol–water partition coefficient (Wildman–Crippen LogP) is -1.31. The minimum Gasteiger partial charge on any atom is -1.00 e. The summed E-state index contributed by atoms with van der Waals surface area (Å²) in [5.74, 6) is 0. The minimum absolute atomic E-state index is 0. The molecule has 0 bridgehead atoms. The quantitative estimate of drug-likeness (QED) is 0.596. The van der Waals surface area contributed by atoms with Crippen LogP contribution in [-0.2, 0) is 23.2 Å². The van der Waals surface area contributed by atoms with Crippen LogP contribution in [0.25, 0.3) is 11.1 Å². The number of halogens is 2. The van der Waals surface area contributed by atoms with E-state index < -0.39 is 23.2 Å². The molecule has 0 unspecified atom stereocenters. The summed E-state index contributed by atoms with van der Waals surface area (Å²) in [5, 5.41) is 0. The second-order valence-electron chi connectivity index (χ2n) is 5.08. The summed E-state index contributed by atoms with van der Waals surface area (Å²) in [6.45, 7) is 0. The van der Waals surface area contributed by atoms with Crippen molar-refractivity contribution in [2.45, 2.75) is 10.0 Å². The Morgan fingerprint density at radius 2 is 1.38 bits per heavy atom. The molecule has 3 heteroatoms. The first-order chi connectivity index (χ1) is 9.43. The Labute approximate surface area is 149 Å². The zero-order chi connectivity index (χ0) is 12.7. The van der Waals surface area contributed by atoms with E-state index in [0.29, 0.717) is 3.63 Å². The van der Waals surface area contributed by atoms with Gasteiger partial charge in [-0.1, -0.05) is 0 Å². The number of allylic oxidation sites excluding steroid dienone is 4. The Bertz CT molecular complexity index is 658. The molecule has 2 aromatic carbocycles. The fourth-order valence-electron chi connectivity index (χ4n) is 3.05. The third-order valence-electron chi connectivity index (χ3n) is 3.93. The van der Waals surface area contributed by atoms with E-state index in [-0.39, 0.29) is 24.8 Å². The summed E-state index contributed by atoms with van der Waals surface area (Å²) in [4.78, 5) is 0. The molecule has 0 spiro atoms. The van der Waals surface area contributed by atoms with E-state index >= 15 is 0 Å². The van der Waals surface area contributed by atoms with Gasteiger partial charge >= 0.3 is 126 Å². The van der Waals surface area contributed by atoms with Crippen LogP contribution in [-0.4, -0.2) is 0 Å². The topological polar surface area (TPSA) is 0 Å². The Hall–Kier alpha value is -0.617. The number of benzene rings is 2. The molecule has 2 aliphatic carbocycles. The number of hydrogen-bond donors (Lipinski definition) is 0. The molecular weight excluding hydrogens is 378 g/mol. The van der Waals surface area contributed by atoms with Gasteiger partial charge in [-0.25, -0.2) is 0 Å². The van der Waals surface area contributed by atoms with Gasteiger partial charge in [0.2, 0.25) is 0 Å². The predicted molar refractivity (Wildman–Crippen MR) is 75.6 cm³/mol. The normalized spacial score (nSPS) is 14.4. The van der Waals surface area contributed by atoms with Crippen LogP contribution >= 0.6 is 0 Å². The van der Waals surface area contributed by atoms with Crippen molar-refractivity contribution in [1.29, 1.82) is 0 Å². The van der Waals surface area contributed by atoms with Gasteiger partial charge in [0, 0.05) is 0 Å². The van der Waals surface area contributed by atoms with E-state index in [0.717, 1.165) is 0 Å². The van der Waals surface area contributed by atoms with Crippen LogP contribution in [0.2, 0.25) is 0 Å². The summed E-state index contributed by atoms with van der Waals surface area (Å²) in [5.41, 5.74) is 6.08. The SMILES string of the molecule is C1=CC[C]([Zr+2][CH]2c3ccccc3-c3ccccc32)=C1.[Cl-].[Cl-].